The van der Waals surface area contributed by atoms with E-state index in [1.165, 1.54) is 12.4 Å². The molecule has 3 aromatic rings. The topological polar surface area (TPSA) is 79.4 Å². The lowest BCUT2D eigenvalue weighted by atomic mass is 10.1. The maximum absolute atomic E-state index is 12.3. The quantitative estimate of drug-likeness (QED) is 0.614. The molecule has 1 heterocycles. The molecule has 150 valence electrons. The Morgan fingerprint density at radius 1 is 1.03 bits per heavy atom. The minimum Gasteiger partial charge on any atom is -0.496 e. The molecule has 29 heavy (non-hydrogen) atoms. The Balaban J connectivity index is 1.53. The summed E-state index contributed by atoms with van der Waals surface area (Å²) >= 11 is 0. The number of rotatable bonds is 8. The highest BCUT2D eigenvalue weighted by Gasteiger charge is 2.08. The predicted molar refractivity (Wildman–Crippen MR) is 115 cm³/mol. The fourth-order valence-corrected chi connectivity index (χ4v) is 2.80. The average Bonchev–Trinajstić information content (AvgIpc) is 2.75. The van der Waals surface area contributed by atoms with Gasteiger partial charge >= 0.3 is 0 Å². The van der Waals surface area contributed by atoms with Crippen LogP contribution >= 0.6 is 0 Å². The van der Waals surface area contributed by atoms with Crippen LogP contribution in [0, 0.1) is 0 Å². The van der Waals surface area contributed by atoms with Crippen molar-refractivity contribution in [2.24, 2.45) is 0 Å². The first-order valence-corrected chi connectivity index (χ1v) is 9.33. The highest BCUT2D eigenvalue weighted by molar-refractivity contribution is 5.93. The van der Waals surface area contributed by atoms with E-state index in [4.69, 9.17) is 4.74 Å². The highest BCUT2D eigenvalue weighted by Crippen LogP contribution is 2.18. The number of hydrogen-bond donors (Lipinski definition) is 2. The SMILES string of the molecule is COc1ccccc1CCNC(=O)c1cnc(Nc2ccc(N(C)C)cc2)nc1. The minimum atomic E-state index is -0.207. The minimum absolute atomic E-state index is 0.207. The molecule has 0 saturated heterocycles. The summed E-state index contributed by atoms with van der Waals surface area (Å²) in [5.74, 6) is 1.05. The molecule has 0 radical (unpaired) electrons. The molecule has 2 N–H and O–H groups in total. The number of para-hydroxylation sites is 1. The van der Waals surface area contributed by atoms with Gasteiger partial charge in [0, 0.05) is 44.4 Å². The molecule has 0 aliphatic rings. The van der Waals surface area contributed by atoms with Crippen LogP contribution in [0.5, 0.6) is 5.75 Å². The van der Waals surface area contributed by atoms with Gasteiger partial charge in [-0.25, -0.2) is 9.97 Å². The van der Waals surface area contributed by atoms with Gasteiger partial charge in [0.2, 0.25) is 5.95 Å². The Hall–Kier alpha value is -3.61. The highest BCUT2D eigenvalue weighted by atomic mass is 16.5. The van der Waals surface area contributed by atoms with Crippen LogP contribution in [-0.2, 0) is 6.42 Å². The third-order valence-corrected chi connectivity index (χ3v) is 4.43. The number of carbonyl (C=O) groups excluding carboxylic acids is 1. The summed E-state index contributed by atoms with van der Waals surface area (Å²) in [4.78, 5) is 22.8. The summed E-state index contributed by atoms with van der Waals surface area (Å²) in [6.45, 7) is 0.497. The Morgan fingerprint density at radius 3 is 2.38 bits per heavy atom. The number of nitrogens with one attached hydrogen (secondary N) is 2. The molecular formula is C22H25N5O2. The lowest BCUT2D eigenvalue weighted by Crippen LogP contribution is -2.26. The normalized spacial score (nSPS) is 10.3. The van der Waals surface area contributed by atoms with Crippen molar-refractivity contribution in [1.29, 1.82) is 0 Å². The van der Waals surface area contributed by atoms with E-state index in [1.807, 2.05) is 67.5 Å². The second-order valence-electron chi connectivity index (χ2n) is 6.68. The van der Waals surface area contributed by atoms with Gasteiger partial charge in [0.15, 0.2) is 0 Å². The molecule has 7 nitrogen and oxygen atoms in total. The Labute approximate surface area is 170 Å². The van der Waals surface area contributed by atoms with Gasteiger partial charge in [0.1, 0.15) is 5.75 Å². The van der Waals surface area contributed by atoms with Gasteiger partial charge < -0.3 is 20.3 Å². The van der Waals surface area contributed by atoms with Crippen molar-refractivity contribution in [1.82, 2.24) is 15.3 Å². The molecule has 0 aliphatic heterocycles. The van der Waals surface area contributed by atoms with E-state index in [9.17, 15) is 4.79 Å². The van der Waals surface area contributed by atoms with Crippen LogP contribution in [0.25, 0.3) is 0 Å². The Bertz CT molecular complexity index is 940. The molecule has 2 aromatic carbocycles. The fourth-order valence-electron chi connectivity index (χ4n) is 2.80. The van der Waals surface area contributed by atoms with Gasteiger partial charge in [-0.2, -0.15) is 0 Å². The van der Waals surface area contributed by atoms with Gasteiger partial charge in [-0.3, -0.25) is 4.79 Å². The first kappa shape index (κ1) is 20.1. The van der Waals surface area contributed by atoms with Gasteiger partial charge in [0.25, 0.3) is 5.91 Å². The van der Waals surface area contributed by atoms with Crippen LogP contribution in [0.2, 0.25) is 0 Å². The molecule has 0 bridgehead atoms. The average molecular weight is 391 g/mol. The molecule has 0 spiro atoms. The lowest BCUT2D eigenvalue weighted by molar-refractivity contribution is 0.0953. The molecule has 0 fully saturated rings. The molecule has 3 rings (SSSR count). The molecule has 7 heteroatoms. The van der Waals surface area contributed by atoms with Crippen LogP contribution < -0.4 is 20.3 Å². The monoisotopic (exact) mass is 391 g/mol. The zero-order chi connectivity index (χ0) is 20.6. The van der Waals surface area contributed by atoms with Crippen LogP contribution in [0.15, 0.2) is 60.9 Å². The van der Waals surface area contributed by atoms with E-state index in [-0.39, 0.29) is 5.91 Å². The second kappa shape index (κ2) is 9.54. The summed E-state index contributed by atoms with van der Waals surface area (Å²) in [6, 6.07) is 15.7. The van der Waals surface area contributed by atoms with Crippen molar-refractivity contribution in [3.05, 3.63) is 72.1 Å². The summed E-state index contributed by atoms with van der Waals surface area (Å²) < 4.78 is 5.33. The van der Waals surface area contributed by atoms with Gasteiger partial charge in [-0.15, -0.1) is 0 Å². The van der Waals surface area contributed by atoms with Crippen LogP contribution in [0.4, 0.5) is 17.3 Å². The van der Waals surface area contributed by atoms with E-state index in [2.05, 4.69) is 20.6 Å². The van der Waals surface area contributed by atoms with Crippen LogP contribution in [0.3, 0.4) is 0 Å². The van der Waals surface area contributed by atoms with Gasteiger partial charge in [-0.05, 0) is 42.3 Å². The number of aromatic nitrogens is 2. The summed E-state index contributed by atoms with van der Waals surface area (Å²) in [6.07, 6.45) is 3.71. The molecular weight excluding hydrogens is 366 g/mol. The largest absolute Gasteiger partial charge is 0.496 e. The number of methoxy groups -OCH3 is 1. The first-order valence-electron chi connectivity index (χ1n) is 9.33. The summed E-state index contributed by atoms with van der Waals surface area (Å²) in [7, 11) is 5.62. The van der Waals surface area contributed by atoms with E-state index in [0.29, 0.717) is 24.5 Å². The number of benzene rings is 2. The van der Waals surface area contributed by atoms with E-state index in [0.717, 1.165) is 22.7 Å². The molecule has 1 aromatic heterocycles. The van der Waals surface area contributed by atoms with Crippen LogP contribution in [-0.4, -0.2) is 43.6 Å². The number of ether oxygens (including phenoxy) is 1. The summed E-state index contributed by atoms with van der Waals surface area (Å²) in [5.41, 5.74) is 3.45. The molecule has 0 unspecified atom stereocenters. The smallest absolute Gasteiger partial charge is 0.254 e. The summed E-state index contributed by atoms with van der Waals surface area (Å²) in [5, 5.41) is 6.01. The number of hydrogen-bond acceptors (Lipinski definition) is 6. The first-order chi connectivity index (χ1) is 14.1. The second-order valence-corrected chi connectivity index (χ2v) is 6.68. The van der Waals surface area contributed by atoms with E-state index < -0.39 is 0 Å². The zero-order valence-electron chi connectivity index (χ0n) is 16.8. The molecule has 0 saturated carbocycles. The van der Waals surface area contributed by atoms with E-state index >= 15 is 0 Å². The van der Waals surface area contributed by atoms with Crippen molar-refractivity contribution < 1.29 is 9.53 Å². The van der Waals surface area contributed by atoms with Crippen molar-refractivity contribution in [2.45, 2.75) is 6.42 Å². The number of amides is 1. The van der Waals surface area contributed by atoms with Gasteiger partial charge in [-0.1, -0.05) is 18.2 Å². The fraction of sp³-hybridized carbons (Fsp3) is 0.227. The molecule has 0 atom stereocenters. The number of anilines is 3. The third kappa shape index (κ3) is 5.44. The Kier molecular flexibility index (Phi) is 6.63. The lowest BCUT2D eigenvalue weighted by Gasteiger charge is -2.13. The Morgan fingerprint density at radius 2 is 1.72 bits per heavy atom. The predicted octanol–water partition coefficient (Wildman–Crippen LogP) is 3.27. The van der Waals surface area contributed by atoms with Crippen molar-refractivity contribution in [2.75, 3.05) is 38.0 Å². The third-order valence-electron chi connectivity index (χ3n) is 4.43. The van der Waals surface area contributed by atoms with Crippen molar-refractivity contribution in [3.63, 3.8) is 0 Å². The maximum Gasteiger partial charge on any atom is 0.254 e. The van der Waals surface area contributed by atoms with Gasteiger partial charge in [0.05, 0.1) is 12.7 Å². The van der Waals surface area contributed by atoms with Crippen molar-refractivity contribution >= 4 is 23.2 Å². The maximum atomic E-state index is 12.3. The van der Waals surface area contributed by atoms with Crippen molar-refractivity contribution in [3.8, 4) is 5.75 Å². The molecule has 0 aliphatic carbocycles. The van der Waals surface area contributed by atoms with E-state index in [1.54, 1.807) is 7.11 Å². The number of nitrogens with zero attached hydrogens (tertiary/aromatic N) is 3. The standard InChI is InChI=1S/C22H25N5O2/c1-27(2)19-10-8-18(9-11-19)26-22-24-14-17(15-25-22)21(28)23-13-12-16-6-4-5-7-20(16)29-3/h4-11,14-15H,12-13H2,1-3H3,(H,23,28)(H,24,25,26). The number of carbonyl (C=O) groups is 1. The van der Waals surface area contributed by atoms with Crippen LogP contribution in [0.1, 0.15) is 15.9 Å². The molecule has 1 amide bonds. The zero-order valence-corrected chi connectivity index (χ0v) is 16.8.